The summed E-state index contributed by atoms with van der Waals surface area (Å²) in [5.41, 5.74) is 0. The molecule has 0 radical (unpaired) electrons. The first-order chi connectivity index (χ1) is 6.56. The van der Waals surface area contributed by atoms with E-state index in [1.807, 2.05) is 0 Å². The van der Waals surface area contributed by atoms with E-state index in [-0.39, 0.29) is 6.04 Å². The number of hydrogen-bond donors (Lipinski definition) is 1. The Labute approximate surface area is 87.4 Å². The third-order valence-electron chi connectivity index (χ3n) is 3.15. The zero-order valence-corrected chi connectivity index (χ0v) is 9.58. The molecular formula is C12H21NO. The summed E-state index contributed by atoms with van der Waals surface area (Å²) >= 11 is 0. The van der Waals surface area contributed by atoms with E-state index in [2.05, 4.69) is 38.9 Å². The molecule has 1 N–H and O–H groups in total. The van der Waals surface area contributed by atoms with E-state index in [0.717, 1.165) is 6.61 Å². The highest BCUT2D eigenvalue weighted by Crippen LogP contribution is 2.21. The highest BCUT2D eigenvalue weighted by atomic mass is 16.5. The second kappa shape index (κ2) is 4.82. The topological polar surface area (TPSA) is 21.3 Å². The van der Waals surface area contributed by atoms with Gasteiger partial charge in [-0.3, -0.25) is 5.32 Å². The molecule has 0 aromatic carbocycles. The molecule has 1 saturated heterocycles. The molecule has 0 bridgehead atoms. The standard InChI is InChI=1S/C12H21NO/c1-6-11(8(2)3)13-12-7-14-10(5)9(12)4/h1,8-13H,7H2,2-5H3. The molecule has 4 unspecified atom stereocenters. The molecule has 1 aliphatic rings. The average Bonchev–Trinajstić information content (AvgIpc) is 2.44. The Morgan fingerprint density at radius 3 is 2.43 bits per heavy atom. The molecule has 80 valence electrons. The van der Waals surface area contributed by atoms with E-state index in [9.17, 15) is 0 Å². The molecule has 0 aromatic rings. The van der Waals surface area contributed by atoms with Crippen LogP contribution in [0.25, 0.3) is 0 Å². The van der Waals surface area contributed by atoms with Crippen molar-refractivity contribution >= 4 is 0 Å². The Kier molecular flexibility index (Phi) is 3.97. The van der Waals surface area contributed by atoms with Gasteiger partial charge >= 0.3 is 0 Å². The van der Waals surface area contributed by atoms with Crippen LogP contribution >= 0.6 is 0 Å². The summed E-state index contributed by atoms with van der Waals surface area (Å²) in [6, 6.07) is 0.574. The highest BCUT2D eigenvalue weighted by molar-refractivity contribution is 5.02. The van der Waals surface area contributed by atoms with E-state index in [1.54, 1.807) is 0 Å². The van der Waals surface area contributed by atoms with Crippen molar-refractivity contribution in [2.45, 2.75) is 45.9 Å². The maximum Gasteiger partial charge on any atom is 0.0713 e. The minimum absolute atomic E-state index is 0.163. The smallest absolute Gasteiger partial charge is 0.0713 e. The Balaban J connectivity index is 2.48. The van der Waals surface area contributed by atoms with Gasteiger partial charge in [0.2, 0.25) is 0 Å². The van der Waals surface area contributed by atoms with Crippen LogP contribution < -0.4 is 5.32 Å². The molecule has 0 aliphatic carbocycles. The summed E-state index contributed by atoms with van der Waals surface area (Å²) in [5, 5.41) is 3.48. The normalized spacial score (nSPS) is 34.4. The lowest BCUT2D eigenvalue weighted by Gasteiger charge is -2.24. The van der Waals surface area contributed by atoms with Crippen molar-refractivity contribution < 1.29 is 4.74 Å². The third-order valence-corrected chi connectivity index (χ3v) is 3.15. The summed E-state index contributed by atoms with van der Waals surface area (Å²) in [4.78, 5) is 0. The fraction of sp³-hybridized carbons (Fsp3) is 0.833. The summed E-state index contributed by atoms with van der Waals surface area (Å²) in [6.45, 7) is 9.39. The van der Waals surface area contributed by atoms with Gasteiger partial charge in [-0.25, -0.2) is 0 Å². The second-order valence-electron chi connectivity index (χ2n) is 4.56. The third kappa shape index (κ3) is 2.50. The number of hydrogen-bond acceptors (Lipinski definition) is 2. The van der Waals surface area contributed by atoms with Gasteiger partial charge in [-0.1, -0.05) is 26.7 Å². The molecular weight excluding hydrogens is 174 g/mol. The van der Waals surface area contributed by atoms with Crippen molar-refractivity contribution in [2.24, 2.45) is 11.8 Å². The molecule has 1 heterocycles. The van der Waals surface area contributed by atoms with Crippen LogP contribution in [0, 0.1) is 24.2 Å². The van der Waals surface area contributed by atoms with Crippen molar-refractivity contribution in [3.8, 4) is 12.3 Å². The summed E-state index contributed by atoms with van der Waals surface area (Å²) in [5.74, 6) is 3.82. The van der Waals surface area contributed by atoms with Gasteiger partial charge in [-0.2, -0.15) is 0 Å². The van der Waals surface area contributed by atoms with Crippen LogP contribution in [0.4, 0.5) is 0 Å². The van der Waals surface area contributed by atoms with Gasteiger partial charge in [0.05, 0.1) is 18.8 Å². The molecule has 0 saturated carbocycles. The first-order valence-corrected chi connectivity index (χ1v) is 5.40. The van der Waals surface area contributed by atoms with Gasteiger partial charge in [0, 0.05) is 6.04 Å². The van der Waals surface area contributed by atoms with Crippen molar-refractivity contribution in [1.29, 1.82) is 0 Å². The summed E-state index contributed by atoms with van der Waals surface area (Å²) in [7, 11) is 0. The molecule has 2 nitrogen and oxygen atoms in total. The molecule has 0 spiro atoms. The van der Waals surface area contributed by atoms with Gasteiger partial charge in [0.25, 0.3) is 0 Å². The van der Waals surface area contributed by atoms with E-state index >= 15 is 0 Å². The molecule has 4 atom stereocenters. The van der Waals surface area contributed by atoms with Crippen molar-refractivity contribution in [3.63, 3.8) is 0 Å². The van der Waals surface area contributed by atoms with Crippen LogP contribution in [0.15, 0.2) is 0 Å². The minimum Gasteiger partial charge on any atom is -0.377 e. The van der Waals surface area contributed by atoms with Gasteiger partial charge in [0.15, 0.2) is 0 Å². The predicted octanol–water partition coefficient (Wildman–Crippen LogP) is 1.66. The highest BCUT2D eigenvalue weighted by Gasteiger charge is 2.32. The fourth-order valence-electron chi connectivity index (χ4n) is 1.75. The SMILES string of the molecule is C#CC(NC1COC(C)C1C)C(C)C. The molecule has 1 rings (SSSR count). The molecule has 0 aromatic heterocycles. The van der Waals surface area contributed by atoms with Crippen LogP contribution in [-0.2, 0) is 4.74 Å². The van der Waals surface area contributed by atoms with Crippen LogP contribution in [0.2, 0.25) is 0 Å². The fourth-order valence-corrected chi connectivity index (χ4v) is 1.75. The summed E-state index contributed by atoms with van der Waals surface area (Å²) in [6.07, 6.45) is 5.82. The van der Waals surface area contributed by atoms with Crippen LogP contribution in [0.5, 0.6) is 0 Å². The zero-order chi connectivity index (χ0) is 10.7. The van der Waals surface area contributed by atoms with E-state index in [1.165, 1.54) is 0 Å². The average molecular weight is 195 g/mol. The lowest BCUT2D eigenvalue weighted by atomic mass is 9.97. The van der Waals surface area contributed by atoms with Gasteiger partial charge in [-0.15, -0.1) is 6.42 Å². The molecule has 0 amide bonds. The lowest BCUT2D eigenvalue weighted by molar-refractivity contribution is 0.108. The number of ether oxygens (including phenoxy) is 1. The maximum absolute atomic E-state index is 5.57. The predicted molar refractivity (Wildman–Crippen MR) is 59.0 cm³/mol. The molecule has 2 heteroatoms. The molecule has 1 aliphatic heterocycles. The Bertz CT molecular complexity index is 219. The van der Waals surface area contributed by atoms with E-state index in [4.69, 9.17) is 11.2 Å². The quantitative estimate of drug-likeness (QED) is 0.691. The first-order valence-electron chi connectivity index (χ1n) is 5.40. The van der Waals surface area contributed by atoms with Gasteiger partial charge in [-0.05, 0) is 18.8 Å². The van der Waals surface area contributed by atoms with Crippen LogP contribution in [0.3, 0.4) is 0 Å². The monoisotopic (exact) mass is 195 g/mol. The van der Waals surface area contributed by atoms with Gasteiger partial charge < -0.3 is 4.74 Å². The minimum atomic E-state index is 0.163. The Morgan fingerprint density at radius 2 is 2.07 bits per heavy atom. The Hall–Kier alpha value is -0.520. The zero-order valence-electron chi connectivity index (χ0n) is 9.58. The van der Waals surface area contributed by atoms with Crippen molar-refractivity contribution in [1.82, 2.24) is 5.32 Å². The lowest BCUT2D eigenvalue weighted by Crippen LogP contribution is -2.44. The first kappa shape index (κ1) is 11.6. The largest absolute Gasteiger partial charge is 0.377 e. The molecule has 1 fully saturated rings. The van der Waals surface area contributed by atoms with Crippen molar-refractivity contribution in [3.05, 3.63) is 0 Å². The Morgan fingerprint density at radius 1 is 1.43 bits per heavy atom. The second-order valence-corrected chi connectivity index (χ2v) is 4.56. The van der Waals surface area contributed by atoms with Crippen molar-refractivity contribution in [2.75, 3.05) is 6.61 Å². The van der Waals surface area contributed by atoms with E-state index < -0.39 is 0 Å². The van der Waals surface area contributed by atoms with Crippen LogP contribution in [0.1, 0.15) is 27.7 Å². The van der Waals surface area contributed by atoms with Gasteiger partial charge in [0.1, 0.15) is 0 Å². The van der Waals surface area contributed by atoms with Crippen LogP contribution in [-0.4, -0.2) is 24.8 Å². The number of nitrogens with one attached hydrogen (secondary N) is 1. The maximum atomic E-state index is 5.57. The number of terminal acetylenes is 1. The van der Waals surface area contributed by atoms with E-state index in [0.29, 0.717) is 24.0 Å². The molecule has 14 heavy (non-hydrogen) atoms. The number of rotatable bonds is 3. The summed E-state index contributed by atoms with van der Waals surface area (Å²) < 4.78 is 5.57.